The molecular formula is C14H17BrF3N5O. The Labute approximate surface area is 145 Å². The number of hydrogen-bond acceptors (Lipinski definition) is 3. The Morgan fingerprint density at radius 3 is 2.62 bits per heavy atom. The lowest BCUT2D eigenvalue weighted by atomic mass is 10.1. The third kappa shape index (κ3) is 4.59. The molecule has 2 heterocycles. The smallest absolute Gasteiger partial charge is 0.323 e. The quantitative estimate of drug-likeness (QED) is 0.826. The third-order valence-corrected chi connectivity index (χ3v) is 4.58. The molecule has 0 aliphatic rings. The van der Waals surface area contributed by atoms with Gasteiger partial charge < -0.3 is 5.32 Å². The van der Waals surface area contributed by atoms with Gasteiger partial charge in [-0.05, 0) is 29.8 Å². The lowest BCUT2D eigenvalue weighted by molar-refractivity contribution is -0.142. The molecule has 1 N–H and O–H groups in total. The highest BCUT2D eigenvalue weighted by molar-refractivity contribution is 9.10. The molecule has 0 saturated carbocycles. The predicted molar refractivity (Wildman–Crippen MR) is 85.5 cm³/mol. The van der Waals surface area contributed by atoms with E-state index in [1.165, 1.54) is 6.20 Å². The molecule has 0 aliphatic carbocycles. The molecular weight excluding hydrogens is 391 g/mol. The van der Waals surface area contributed by atoms with Crippen LogP contribution in [0, 0.1) is 19.8 Å². The lowest BCUT2D eigenvalue weighted by Gasteiger charge is -2.12. The maximum Gasteiger partial charge on any atom is 0.408 e. The molecule has 0 aromatic carbocycles. The van der Waals surface area contributed by atoms with Gasteiger partial charge in [0.2, 0.25) is 5.91 Å². The fourth-order valence-corrected chi connectivity index (χ4v) is 2.44. The van der Waals surface area contributed by atoms with E-state index in [4.69, 9.17) is 0 Å². The molecule has 1 unspecified atom stereocenters. The highest BCUT2D eigenvalue weighted by Gasteiger charge is 2.28. The number of nitrogens with zero attached hydrogens (tertiary/aromatic N) is 4. The number of carbonyl (C=O) groups excluding carboxylic acids is 1. The van der Waals surface area contributed by atoms with Crippen LogP contribution in [0.25, 0.3) is 0 Å². The first-order valence-corrected chi connectivity index (χ1v) is 7.95. The van der Waals surface area contributed by atoms with E-state index >= 15 is 0 Å². The minimum absolute atomic E-state index is 0.227. The minimum Gasteiger partial charge on any atom is -0.323 e. The average molecular weight is 408 g/mol. The van der Waals surface area contributed by atoms with Gasteiger partial charge in [0, 0.05) is 11.9 Å². The second-order valence-electron chi connectivity index (χ2n) is 5.60. The molecule has 132 valence electrons. The van der Waals surface area contributed by atoms with E-state index in [2.05, 4.69) is 31.4 Å². The Balaban J connectivity index is 1.98. The number of aromatic nitrogens is 4. The summed E-state index contributed by atoms with van der Waals surface area (Å²) in [6.07, 6.45) is -2.02. The first-order valence-electron chi connectivity index (χ1n) is 7.16. The predicted octanol–water partition coefficient (Wildman–Crippen LogP) is 3.30. The molecule has 2 aromatic heterocycles. The normalized spacial score (nSPS) is 13.1. The van der Waals surface area contributed by atoms with Crippen molar-refractivity contribution in [3.63, 3.8) is 0 Å². The first-order chi connectivity index (χ1) is 11.1. The third-order valence-electron chi connectivity index (χ3n) is 3.43. The summed E-state index contributed by atoms with van der Waals surface area (Å²) in [5.41, 5.74) is 1.96. The van der Waals surface area contributed by atoms with Crippen LogP contribution in [0.3, 0.4) is 0 Å². The van der Waals surface area contributed by atoms with Crippen LogP contribution in [-0.2, 0) is 17.9 Å². The van der Waals surface area contributed by atoms with Crippen LogP contribution >= 0.6 is 15.9 Å². The van der Waals surface area contributed by atoms with Crippen LogP contribution in [-0.4, -0.2) is 31.6 Å². The molecule has 6 nitrogen and oxygen atoms in total. The van der Waals surface area contributed by atoms with Crippen molar-refractivity contribution < 1.29 is 18.0 Å². The summed E-state index contributed by atoms with van der Waals surface area (Å²) in [7, 11) is 0. The molecule has 0 fully saturated rings. The highest BCUT2D eigenvalue weighted by Crippen LogP contribution is 2.21. The van der Waals surface area contributed by atoms with Crippen molar-refractivity contribution in [2.75, 3.05) is 5.32 Å². The van der Waals surface area contributed by atoms with Crippen molar-refractivity contribution >= 4 is 27.5 Å². The number of amides is 1. The van der Waals surface area contributed by atoms with Gasteiger partial charge in [0.1, 0.15) is 6.54 Å². The Morgan fingerprint density at radius 1 is 1.42 bits per heavy atom. The van der Waals surface area contributed by atoms with Crippen molar-refractivity contribution in [1.29, 1.82) is 0 Å². The van der Waals surface area contributed by atoms with Crippen molar-refractivity contribution in [1.82, 2.24) is 19.6 Å². The van der Waals surface area contributed by atoms with Crippen LogP contribution < -0.4 is 5.32 Å². The average Bonchev–Trinajstić information content (AvgIpc) is 2.97. The van der Waals surface area contributed by atoms with Crippen LogP contribution in [0.1, 0.15) is 18.3 Å². The van der Waals surface area contributed by atoms with Crippen molar-refractivity contribution in [2.45, 2.75) is 40.0 Å². The zero-order chi connectivity index (χ0) is 18.1. The van der Waals surface area contributed by atoms with Crippen LogP contribution in [0.2, 0.25) is 0 Å². The Bertz CT molecular complexity index is 737. The van der Waals surface area contributed by atoms with E-state index in [1.54, 1.807) is 11.6 Å². The summed E-state index contributed by atoms with van der Waals surface area (Å²) in [6.45, 7) is 4.63. The molecule has 0 bridgehead atoms. The molecule has 1 amide bonds. The number of halogens is 4. The second kappa shape index (κ2) is 6.96. The molecule has 0 aliphatic heterocycles. The number of hydrogen-bond donors (Lipinski definition) is 1. The number of nitrogens with one attached hydrogen (secondary N) is 1. The molecule has 24 heavy (non-hydrogen) atoms. The van der Waals surface area contributed by atoms with Crippen molar-refractivity contribution in [3.8, 4) is 0 Å². The van der Waals surface area contributed by atoms with E-state index in [0.717, 1.165) is 26.7 Å². The number of rotatable bonds is 5. The summed E-state index contributed by atoms with van der Waals surface area (Å²) in [4.78, 5) is 12.2. The van der Waals surface area contributed by atoms with E-state index in [9.17, 15) is 18.0 Å². The fourth-order valence-electron chi connectivity index (χ4n) is 2.16. The van der Waals surface area contributed by atoms with Gasteiger partial charge >= 0.3 is 6.18 Å². The van der Waals surface area contributed by atoms with Crippen molar-refractivity contribution in [2.24, 2.45) is 5.92 Å². The number of alkyl halides is 3. The van der Waals surface area contributed by atoms with Gasteiger partial charge in [0.25, 0.3) is 0 Å². The molecule has 0 radical (unpaired) electrons. The summed E-state index contributed by atoms with van der Waals surface area (Å²) < 4.78 is 40.2. The largest absolute Gasteiger partial charge is 0.408 e. The van der Waals surface area contributed by atoms with E-state index < -0.39 is 18.6 Å². The maximum absolute atomic E-state index is 12.3. The van der Waals surface area contributed by atoms with E-state index in [-0.39, 0.29) is 11.6 Å². The number of carbonyl (C=O) groups is 1. The van der Waals surface area contributed by atoms with Crippen LogP contribution in [0.5, 0.6) is 0 Å². The molecule has 2 aromatic rings. The van der Waals surface area contributed by atoms with Gasteiger partial charge in [0.05, 0.1) is 34.5 Å². The molecule has 0 spiro atoms. The van der Waals surface area contributed by atoms with Gasteiger partial charge in [-0.2, -0.15) is 23.4 Å². The first kappa shape index (κ1) is 18.5. The molecule has 10 heteroatoms. The van der Waals surface area contributed by atoms with E-state index in [0.29, 0.717) is 6.54 Å². The summed E-state index contributed by atoms with van der Waals surface area (Å²) in [6, 6.07) is 0. The Kier molecular flexibility index (Phi) is 5.36. The summed E-state index contributed by atoms with van der Waals surface area (Å²) in [5, 5.41) is 10.5. The van der Waals surface area contributed by atoms with Gasteiger partial charge in [0.15, 0.2) is 0 Å². The standard InChI is InChI=1S/C14H17BrF3N5O/c1-8(5-23-10(3)12(15)9(2)21-23)13(24)20-11-4-19-22(6-11)7-14(16,17)18/h4,6,8H,5,7H2,1-3H3,(H,20,24). The molecule has 0 saturated heterocycles. The SMILES string of the molecule is Cc1nn(CC(C)C(=O)Nc2cnn(CC(F)(F)F)c2)c(C)c1Br. The highest BCUT2D eigenvalue weighted by atomic mass is 79.9. The van der Waals surface area contributed by atoms with Crippen molar-refractivity contribution in [3.05, 3.63) is 28.3 Å². The number of anilines is 1. The van der Waals surface area contributed by atoms with Gasteiger partial charge in [-0.1, -0.05) is 6.92 Å². The van der Waals surface area contributed by atoms with Crippen LogP contribution in [0.4, 0.5) is 18.9 Å². The zero-order valence-corrected chi connectivity index (χ0v) is 14.9. The Morgan fingerprint density at radius 2 is 2.08 bits per heavy atom. The molecule has 2 rings (SSSR count). The van der Waals surface area contributed by atoms with E-state index in [1.807, 2.05) is 13.8 Å². The monoisotopic (exact) mass is 407 g/mol. The van der Waals surface area contributed by atoms with Gasteiger partial charge in [-0.3, -0.25) is 14.2 Å². The maximum atomic E-state index is 12.3. The number of aryl methyl sites for hydroxylation is 1. The summed E-state index contributed by atoms with van der Waals surface area (Å²) >= 11 is 3.42. The van der Waals surface area contributed by atoms with Crippen LogP contribution in [0.15, 0.2) is 16.9 Å². The van der Waals surface area contributed by atoms with Gasteiger partial charge in [-0.25, -0.2) is 0 Å². The topological polar surface area (TPSA) is 64.7 Å². The lowest BCUT2D eigenvalue weighted by Crippen LogP contribution is -2.25. The zero-order valence-electron chi connectivity index (χ0n) is 13.4. The van der Waals surface area contributed by atoms with Gasteiger partial charge in [-0.15, -0.1) is 0 Å². The second-order valence-corrected chi connectivity index (χ2v) is 6.39. The Hall–Kier alpha value is -1.84. The fraction of sp³-hybridized carbons (Fsp3) is 0.500. The summed E-state index contributed by atoms with van der Waals surface area (Å²) in [5.74, 6) is -0.730. The molecule has 1 atom stereocenters. The minimum atomic E-state index is -4.36.